The zero-order chi connectivity index (χ0) is 27.3. The molecule has 3 N–H and O–H groups in total. The number of carbonyl (C=O) groups is 1. The minimum atomic E-state index is -4.00. The van der Waals surface area contributed by atoms with E-state index in [1.54, 1.807) is 19.9 Å². The van der Waals surface area contributed by atoms with Crippen molar-refractivity contribution in [2.75, 3.05) is 0 Å². The van der Waals surface area contributed by atoms with Gasteiger partial charge in [0.15, 0.2) is 0 Å². The van der Waals surface area contributed by atoms with Crippen LogP contribution in [0.25, 0.3) is 0 Å². The van der Waals surface area contributed by atoms with Crippen LogP contribution in [0, 0.1) is 41.3 Å². The number of pyridine rings is 1. The highest BCUT2D eigenvalue weighted by Crippen LogP contribution is 2.60. The molecule has 4 aliphatic rings. The van der Waals surface area contributed by atoms with Gasteiger partial charge >= 0.3 is 5.97 Å². The summed E-state index contributed by atoms with van der Waals surface area (Å²) in [4.78, 5) is 28.4. The Balaban J connectivity index is 1.69. The Morgan fingerprint density at radius 2 is 1.68 bits per heavy atom. The number of aliphatic hydroxyl groups is 1. The Hall–Kier alpha value is -2.52. The molecule has 6 nitrogen and oxygen atoms in total. The van der Waals surface area contributed by atoms with Gasteiger partial charge in [-0.2, -0.15) is 0 Å². The Morgan fingerprint density at radius 1 is 1.11 bits per heavy atom. The van der Waals surface area contributed by atoms with Crippen LogP contribution in [0.2, 0.25) is 0 Å². The first-order valence-corrected chi connectivity index (χ1v) is 14.8. The molecule has 4 fully saturated rings. The van der Waals surface area contributed by atoms with E-state index in [2.05, 4.69) is 11.8 Å². The Kier molecular flexibility index (Phi) is 7.05. The van der Waals surface area contributed by atoms with Gasteiger partial charge in [0, 0.05) is 23.4 Å². The van der Waals surface area contributed by atoms with E-state index in [1.807, 2.05) is 6.07 Å². The van der Waals surface area contributed by atoms with Crippen LogP contribution in [0.4, 0.5) is 4.39 Å². The highest BCUT2D eigenvalue weighted by atomic mass is 31.1. The summed E-state index contributed by atoms with van der Waals surface area (Å²) in [5, 5.41) is 20.1. The molecule has 2 aromatic rings. The normalized spacial score (nSPS) is 29.7. The van der Waals surface area contributed by atoms with E-state index in [4.69, 9.17) is 4.98 Å². The molecule has 8 heteroatoms. The maximum Gasteiger partial charge on any atom is 0.335 e. The molecule has 0 aliphatic heterocycles. The predicted molar refractivity (Wildman–Crippen MR) is 142 cm³/mol. The molecule has 4 saturated carbocycles. The molecule has 0 spiro atoms. The molecule has 1 heterocycles. The average molecular weight is 540 g/mol. The Labute approximate surface area is 223 Å². The van der Waals surface area contributed by atoms with Gasteiger partial charge < -0.3 is 15.1 Å². The zero-order valence-electron chi connectivity index (χ0n) is 21.8. The monoisotopic (exact) mass is 539 g/mol. The van der Waals surface area contributed by atoms with Crippen molar-refractivity contribution in [2.24, 2.45) is 23.7 Å². The van der Waals surface area contributed by atoms with Crippen LogP contribution in [-0.4, -0.2) is 31.2 Å². The number of carboxylic acid groups (broad SMARTS) is 1. The van der Waals surface area contributed by atoms with Crippen LogP contribution in [0.15, 0.2) is 42.5 Å². The SMILES string of the molecule is CC(C)C#CC(C(=O)O)([PH](=O)O)C(O)(Cc1ccc(F)cc1)c1cccc(C23CC4CC(CC(C4)C2)C3)n1. The van der Waals surface area contributed by atoms with Crippen molar-refractivity contribution in [3.8, 4) is 11.8 Å². The third-order valence-electron chi connectivity index (χ3n) is 8.94. The van der Waals surface area contributed by atoms with Crippen molar-refractivity contribution in [3.05, 3.63) is 65.2 Å². The Bertz CT molecular complexity index is 1260. The second kappa shape index (κ2) is 9.90. The van der Waals surface area contributed by atoms with E-state index < -0.39 is 30.6 Å². The average Bonchev–Trinajstić information content (AvgIpc) is 2.84. The van der Waals surface area contributed by atoms with Crippen molar-refractivity contribution in [1.82, 2.24) is 4.98 Å². The summed E-state index contributed by atoms with van der Waals surface area (Å²) in [7, 11) is -4.00. The van der Waals surface area contributed by atoms with Crippen molar-refractivity contribution < 1.29 is 28.9 Å². The molecule has 0 saturated heterocycles. The van der Waals surface area contributed by atoms with Gasteiger partial charge in [0.1, 0.15) is 11.4 Å². The first kappa shape index (κ1) is 27.1. The fourth-order valence-electron chi connectivity index (χ4n) is 7.61. The van der Waals surface area contributed by atoms with Gasteiger partial charge in [-0.25, -0.2) is 9.18 Å². The molecule has 202 valence electrons. The number of aromatic nitrogens is 1. The number of nitrogens with zero attached hydrogens (tertiary/aromatic N) is 1. The molecular weight excluding hydrogens is 504 g/mol. The van der Waals surface area contributed by atoms with Crippen molar-refractivity contribution in [2.45, 2.75) is 75.0 Å². The minimum absolute atomic E-state index is 0.00271. The predicted octanol–water partition coefficient (Wildman–Crippen LogP) is 5.07. The van der Waals surface area contributed by atoms with Gasteiger partial charge in [0.25, 0.3) is 0 Å². The summed E-state index contributed by atoms with van der Waals surface area (Å²) in [5.74, 6) is 4.71. The molecule has 4 bridgehead atoms. The van der Waals surface area contributed by atoms with Crippen LogP contribution in [-0.2, 0) is 26.8 Å². The molecule has 0 amide bonds. The molecule has 3 atom stereocenters. The lowest BCUT2D eigenvalue weighted by Gasteiger charge is -2.56. The summed E-state index contributed by atoms with van der Waals surface area (Å²) in [6, 6.07) is 10.5. The van der Waals surface area contributed by atoms with E-state index in [0.29, 0.717) is 23.3 Å². The lowest BCUT2D eigenvalue weighted by Crippen LogP contribution is -2.56. The van der Waals surface area contributed by atoms with Crippen LogP contribution in [0.5, 0.6) is 0 Å². The van der Waals surface area contributed by atoms with E-state index in [-0.39, 0.29) is 23.4 Å². The third kappa shape index (κ3) is 4.51. The summed E-state index contributed by atoms with van der Waals surface area (Å²) in [6.45, 7) is 3.47. The second-order valence-electron chi connectivity index (χ2n) is 12.1. The van der Waals surface area contributed by atoms with Gasteiger partial charge in [0.2, 0.25) is 13.2 Å². The highest BCUT2D eigenvalue weighted by molar-refractivity contribution is 7.42. The van der Waals surface area contributed by atoms with Gasteiger partial charge in [0.05, 0.1) is 5.69 Å². The molecule has 4 aliphatic carbocycles. The van der Waals surface area contributed by atoms with Crippen molar-refractivity contribution in [1.29, 1.82) is 0 Å². The topological polar surface area (TPSA) is 108 Å². The summed E-state index contributed by atoms with van der Waals surface area (Å²) >= 11 is 0. The summed E-state index contributed by atoms with van der Waals surface area (Å²) < 4.78 is 26.7. The van der Waals surface area contributed by atoms with E-state index in [9.17, 15) is 28.9 Å². The highest BCUT2D eigenvalue weighted by Gasteiger charge is 2.62. The standard InChI is InChI=1S/C30H35FNO5P/c1-19(2)10-11-30(27(33)34,38(36)37)29(35,18-20-6-8-24(31)9-7-20)26-5-3-4-25(32-26)28-15-21-12-22(16-28)14-23(13-21)17-28/h3-9,19,21-23,35,38H,12-18H2,1-2H3,(H,33,34)(H,36,37). The quantitative estimate of drug-likeness (QED) is 0.335. The first-order valence-electron chi connectivity index (χ1n) is 13.4. The minimum Gasteiger partial charge on any atom is -0.480 e. The maximum absolute atomic E-state index is 13.7. The molecule has 1 aromatic heterocycles. The maximum atomic E-state index is 13.7. The van der Waals surface area contributed by atoms with Crippen LogP contribution in [0.1, 0.15) is 69.3 Å². The number of aliphatic carboxylic acids is 1. The molecule has 0 radical (unpaired) electrons. The largest absolute Gasteiger partial charge is 0.480 e. The third-order valence-corrected chi connectivity index (χ3v) is 10.3. The van der Waals surface area contributed by atoms with Crippen LogP contribution >= 0.6 is 8.03 Å². The number of carboxylic acids is 1. The molecule has 38 heavy (non-hydrogen) atoms. The fraction of sp³-hybridized carbons (Fsp3) is 0.533. The number of rotatable bonds is 7. The van der Waals surface area contributed by atoms with Gasteiger partial charge in [-0.3, -0.25) is 9.55 Å². The molecule has 6 rings (SSSR count). The van der Waals surface area contributed by atoms with E-state index in [0.717, 1.165) is 25.0 Å². The molecular formula is C30H35FNO5P. The number of hydrogen-bond acceptors (Lipinski definition) is 4. The van der Waals surface area contributed by atoms with E-state index in [1.165, 1.54) is 49.6 Å². The van der Waals surface area contributed by atoms with Crippen molar-refractivity contribution in [3.63, 3.8) is 0 Å². The lowest BCUT2D eigenvalue weighted by molar-refractivity contribution is -0.146. The van der Waals surface area contributed by atoms with Crippen molar-refractivity contribution >= 4 is 14.0 Å². The smallest absolute Gasteiger partial charge is 0.335 e. The molecule has 3 unspecified atom stereocenters. The van der Waals surface area contributed by atoms with Gasteiger partial charge in [-0.05, 0) is 86.1 Å². The Morgan fingerprint density at radius 3 is 2.18 bits per heavy atom. The number of hydrogen-bond donors (Lipinski definition) is 3. The fourth-order valence-corrected chi connectivity index (χ4v) is 8.54. The second-order valence-corrected chi connectivity index (χ2v) is 13.4. The van der Waals surface area contributed by atoms with Crippen LogP contribution in [0.3, 0.4) is 0 Å². The number of halogens is 1. The van der Waals surface area contributed by atoms with E-state index >= 15 is 0 Å². The zero-order valence-corrected chi connectivity index (χ0v) is 22.8. The number of benzene rings is 1. The summed E-state index contributed by atoms with van der Waals surface area (Å²) in [5.41, 5.74) is -1.39. The van der Waals surface area contributed by atoms with Gasteiger partial charge in [-0.1, -0.05) is 43.9 Å². The lowest BCUT2D eigenvalue weighted by atomic mass is 9.49. The first-order chi connectivity index (χ1) is 18.0. The molecule has 1 aromatic carbocycles. The van der Waals surface area contributed by atoms with Crippen LogP contribution < -0.4 is 0 Å². The summed E-state index contributed by atoms with van der Waals surface area (Å²) in [6.07, 6.45) is 6.40. The van der Waals surface area contributed by atoms with Gasteiger partial charge in [-0.15, -0.1) is 0 Å².